The van der Waals surface area contributed by atoms with Crippen LogP contribution < -0.4 is 0 Å². The summed E-state index contributed by atoms with van der Waals surface area (Å²) in [4.78, 5) is 11.9. The third-order valence-electron chi connectivity index (χ3n) is 3.61. The van der Waals surface area contributed by atoms with Crippen molar-refractivity contribution in [2.75, 3.05) is 0 Å². The molecule has 0 aromatic heterocycles. The van der Waals surface area contributed by atoms with Gasteiger partial charge in [-0.05, 0) is 25.0 Å². The van der Waals surface area contributed by atoms with Crippen LogP contribution in [0.15, 0.2) is 36.4 Å². The van der Waals surface area contributed by atoms with Crippen LogP contribution in [0, 0.1) is 12.7 Å². The second-order valence-corrected chi connectivity index (χ2v) is 5.25. The molecule has 3 heteroatoms. The predicted molar refractivity (Wildman–Crippen MR) is 75.2 cm³/mol. The summed E-state index contributed by atoms with van der Waals surface area (Å²) in [6, 6.07) is 11.1. The van der Waals surface area contributed by atoms with Crippen molar-refractivity contribution in [2.45, 2.75) is 26.4 Å². The molecule has 3 rings (SSSR count). The van der Waals surface area contributed by atoms with Crippen molar-refractivity contribution in [1.29, 1.82) is 0 Å². The second kappa shape index (κ2) is 4.75. The van der Waals surface area contributed by atoms with Gasteiger partial charge in [0.25, 0.3) is 0 Å². The molecule has 2 nitrogen and oxygen atoms in total. The molecule has 102 valence electrons. The summed E-state index contributed by atoms with van der Waals surface area (Å²) in [7, 11) is 0. The number of ether oxygens (including phenoxy) is 1. The number of aryl methyl sites for hydroxylation is 1. The Morgan fingerprint density at radius 2 is 1.85 bits per heavy atom. The maximum absolute atomic E-state index is 14.6. The fraction of sp³-hybridized carbons (Fsp3) is 0.235. The first-order valence-electron chi connectivity index (χ1n) is 6.65. The van der Waals surface area contributed by atoms with E-state index in [0.717, 1.165) is 16.7 Å². The summed E-state index contributed by atoms with van der Waals surface area (Å²) in [6.45, 7) is 3.79. The van der Waals surface area contributed by atoms with E-state index in [-0.39, 0.29) is 11.7 Å². The number of carbonyl (C=O) groups is 1. The van der Waals surface area contributed by atoms with Gasteiger partial charge in [-0.3, -0.25) is 0 Å². The fourth-order valence-corrected chi connectivity index (χ4v) is 2.56. The van der Waals surface area contributed by atoms with E-state index in [2.05, 4.69) is 0 Å². The highest BCUT2D eigenvalue weighted by molar-refractivity contribution is 5.94. The van der Waals surface area contributed by atoms with Gasteiger partial charge < -0.3 is 4.74 Å². The van der Waals surface area contributed by atoms with Crippen LogP contribution in [0.3, 0.4) is 0 Å². The molecular formula is C17H15FO2. The molecule has 1 heterocycles. The lowest BCUT2D eigenvalue weighted by atomic mass is 9.93. The number of benzene rings is 2. The highest BCUT2D eigenvalue weighted by atomic mass is 19.1. The summed E-state index contributed by atoms with van der Waals surface area (Å²) in [6.07, 6.45) is 0.367. The average Bonchev–Trinajstić information content (AvgIpc) is 2.39. The normalized spacial score (nSPS) is 17.6. The highest BCUT2D eigenvalue weighted by Crippen LogP contribution is 2.31. The number of hydrogen-bond donors (Lipinski definition) is 0. The van der Waals surface area contributed by atoms with E-state index in [9.17, 15) is 9.18 Å². The number of halogens is 1. The number of fused-ring (bicyclic) bond motifs is 1. The molecule has 0 radical (unpaired) electrons. The van der Waals surface area contributed by atoms with Crippen molar-refractivity contribution in [3.63, 3.8) is 0 Å². The first-order chi connectivity index (χ1) is 9.56. The van der Waals surface area contributed by atoms with Gasteiger partial charge in [0.15, 0.2) is 0 Å². The van der Waals surface area contributed by atoms with E-state index in [4.69, 9.17) is 4.74 Å². The Bertz CT molecular complexity index is 674. The Labute approximate surface area is 117 Å². The number of esters is 1. The zero-order valence-corrected chi connectivity index (χ0v) is 11.4. The Hall–Kier alpha value is -2.16. The largest absolute Gasteiger partial charge is 0.459 e. The molecule has 1 unspecified atom stereocenters. The summed E-state index contributed by atoms with van der Waals surface area (Å²) in [5, 5.41) is 0. The van der Waals surface area contributed by atoms with Crippen molar-refractivity contribution >= 4 is 5.97 Å². The van der Waals surface area contributed by atoms with Crippen LogP contribution in [0.1, 0.15) is 28.4 Å². The zero-order valence-electron chi connectivity index (χ0n) is 11.4. The minimum Gasteiger partial charge on any atom is -0.459 e. The molecule has 1 aliphatic rings. The van der Waals surface area contributed by atoms with Gasteiger partial charge in [-0.1, -0.05) is 42.0 Å². The molecule has 0 spiro atoms. The first-order valence-corrected chi connectivity index (χ1v) is 6.65. The van der Waals surface area contributed by atoms with Crippen LogP contribution in [0.2, 0.25) is 0 Å². The molecule has 1 atom stereocenters. The number of rotatable bonds is 1. The molecule has 2 aromatic rings. The Kier molecular flexibility index (Phi) is 3.05. The zero-order chi connectivity index (χ0) is 14.3. The van der Waals surface area contributed by atoms with Gasteiger partial charge in [-0.25, -0.2) is 9.18 Å². The van der Waals surface area contributed by atoms with Crippen LogP contribution in [-0.4, -0.2) is 12.1 Å². The molecule has 1 aliphatic heterocycles. The van der Waals surface area contributed by atoms with Gasteiger partial charge in [0, 0.05) is 12.0 Å². The van der Waals surface area contributed by atoms with E-state index < -0.39 is 11.8 Å². The Morgan fingerprint density at radius 3 is 2.55 bits per heavy atom. The minimum absolute atomic E-state index is 0.0844. The van der Waals surface area contributed by atoms with Crippen LogP contribution >= 0.6 is 0 Å². The number of cyclic esters (lactones) is 1. The summed E-state index contributed by atoms with van der Waals surface area (Å²) < 4.78 is 19.7. The van der Waals surface area contributed by atoms with Gasteiger partial charge in [0.2, 0.25) is 0 Å². The fourth-order valence-electron chi connectivity index (χ4n) is 2.56. The molecular weight excluding hydrogens is 255 g/mol. The third-order valence-corrected chi connectivity index (χ3v) is 3.61. The summed E-state index contributed by atoms with van der Waals surface area (Å²) >= 11 is 0. The molecule has 0 saturated heterocycles. The van der Waals surface area contributed by atoms with Gasteiger partial charge >= 0.3 is 5.97 Å². The van der Waals surface area contributed by atoms with E-state index in [0.29, 0.717) is 12.0 Å². The van der Waals surface area contributed by atoms with Gasteiger partial charge in [-0.15, -0.1) is 0 Å². The van der Waals surface area contributed by atoms with Crippen LogP contribution in [0.25, 0.3) is 11.1 Å². The lowest BCUT2D eigenvalue weighted by Crippen LogP contribution is -2.26. The SMILES string of the molecule is Cc1ccc(-c2ccc3c(c2F)C(=O)OC(C)C3)cc1. The number of carbonyl (C=O) groups excluding carboxylic acids is 1. The molecule has 0 amide bonds. The summed E-state index contributed by atoms with van der Waals surface area (Å²) in [5.74, 6) is -1.05. The maximum atomic E-state index is 14.6. The molecule has 0 bridgehead atoms. The van der Waals surface area contributed by atoms with E-state index in [1.807, 2.05) is 44.2 Å². The number of hydrogen-bond acceptors (Lipinski definition) is 2. The second-order valence-electron chi connectivity index (χ2n) is 5.25. The van der Waals surface area contributed by atoms with Crippen LogP contribution in [0.4, 0.5) is 4.39 Å². The quantitative estimate of drug-likeness (QED) is 0.734. The highest BCUT2D eigenvalue weighted by Gasteiger charge is 2.28. The molecule has 0 aliphatic carbocycles. The molecule has 0 saturated carbocycles. The van der Waals surface area contributed by atoms with Crippen molar-refractivity contribution in [2.24, 2.45) is 0 Å². The topological polar surface area (TPSA) is 26.3 Å². The van der Waals surface area contributed by atoms with E-state index >= 15 is 0 Å². The molecule has 20 heavy (non-hydrogen) atoms. The Balaban J connectivity index is 2.13. The van der Waals surface area contributed by atoms with Gasteiger partial charge in [0.05, 0.1) is 5.56 Å². The molecule has 0 N–H and O–H groups in total. The van der Waals surface area contributed by atoms with Crippen molar-refractivity contribution < 1.29 is 13.9 Å². The first kappa shape index (κ1) is 12.9. The van der Waals surface area contributed by atoms with E-state index in [1.54, 1.807) is 6.07 Å². The minimum atomic E-state index is -0.565. The van der Waals surface area contributed by atoms with Crippen molar-refractivity contribution in [3.8, 4) is 11.1 Å². The predicted octanol–water partition coefficient (Wildman–Crippen LogP) is 3.90. The van der Waals surface area contributed by atoms with Crippen molar-refractivity contribution in [1.82, 2.24) is 0 Å². The van der Waals surface area contributed by atoms with Gasteiger partial charge in [-0.2, -0.15) is 0 Å². The molecule has 2 aromatic carbocycles. The monoisotopic (exact) mass is 270 g/mol. The standard InChI is InChI=1S/C17H15FO2/c1-10-3-5-12(6-4-10)14-8-7-13-9-11(2)20-17(19)15(13)16(14)18/h3-8,11H,9H2,1-2H3. The Morgan fingerprint density at radius 1 is 1.15 bits per heavy atom. The maximum Gasteiger partial charge on any atom is 0.341 e. The van der Waals surface area contributed by atoms with Crippen LogP contribution in [0.5, 0.6) is 0 Å². The van der Waals surface area contributed by atoms with Gasteiger partial charge in [0.1, 0.15) is 11.9 Å². The smallest absolute Gasteiger partial charge is 0.341 e. The van der Waals surface area contributed by atoms with E-state index in [1.165, 1.54) is 0 Å². The van der Waals surface area contributed by atoms with Crippen molar-refractivity contribution in [3.05, 3.63) is 58.9 Å². The lowest BCUT2D eigenvalue weighted by molar-refractivity contribution is 0.0294. The van der Waals surface area contributed by atoms with Crippen LogP contribution in [-0.2, 0) is 11.2 Å². The average molecular weight is 270 g/mol. The lowest BCUT2D eigenvalue weighted by Gasteiger charge is -2.23. The third kappa shape index (κ3) is 2.09. The summed E-state index contributed by atoms with van der Waals surface area (Å²) in [5.41, 5.74) is 3.13. The molecule has 0 fully saturated rings.